The predicted octanol–water partition coefficient (Wildman–Crippen LogP) is 2.92. The Kier molecular flexibility index (Phi) is 5.06. The minimum absolute atomic E-state index is 0.0795. The van der Waals surface area contributed by atoms with Crippen molar-refractivity contribution < 1.29 is 19.1 Å². The molecule has 25 heavy (non-hydrogen) atoms. The lowest BCUT2D eigenvalue weighted by atomic mass is 10.1. The Morgan fingerprint density at radius 2 is 2.16 bits per heavy atom. The highest BCUT2D eigenvalue weighted by Crippen LogP contribution is 2.33. The number of amides is 1. The molecule has 0 aliphatic carbocycles. The average Bonchev–Trinajstić information content (AvgIpc) is 3.16. The number of hydrogen-bond acceptors (Lipinski definition) is 6. The van der Waals surface area contributed by atoms with E-state index in [1.165, 1.54) is 23.9 Å². The molecule has 1 aromatic carbocycles. The molecule has 2 aromatic rings. The molecule has 1 aliphatic heterocycles. The fourth-order valence-electron chi connectivity index (χ4n) is 2.43. The highest BCUT2D eigenvalue weighted by atomic mass is 32.2. The van der Waals surface area contributed by atoms with Gasteiger partial charge in [0, 0.05) is 18.2 Å². The predicted molar refractivity (Wildman–Crippen MR) is 98.6 cm³/mol. The van der Waals surface area contributed by atoms with E-state index < -0.39 is 5.97 Å². The summed E-state index contributed by atoms with van der Waals surface area (Å²) >= 11 is 6.48. The zero-order chi connectivity index (χ0) is 18.0. The molecule has 0 atom stereocenters. The van der Waals surface area contributed by atoms with Gasteiger partial charge in [0.2, 0.25) is 0 Å². The maximum Gasteiger partial charge on any atom is 0.266 e. The van der Waals surface area contributed by atoms with Gasteiger partial charge in [0.25, 0.3) is 5.91 Å². The molecular formula is C18H14NO4S2-. The molecule has 3 rings (SSSR count). The minimum Gasteiger partial charge on any atom is -0.545 e. The van der Waals surface area contributed by atoms with E-state index in [0.717, 1.165) is 6.42 Å². The molecule has 0 saturated carbocycles. The summed E-state index contributed by atoms with van der Waals surface area (Å²) in [5.41, 5.74) is 0.704. The zero-order valence-corrected chi connectivity index (χ0v) is 15.0. The van der Waals surface area contributed by atoms with Crippen molar-refractivity contribution in [3.05, 3.63) is 52.6 Å². The van der Waals surface area contributed by atoms with Crippen LogP contribution in [-0.4, -0.2) is 27.6 Å². The van der Waals surface area contributed by atoms with E-state index in [9.17, 15) is 14.7 Å². The summed E-state index contributed by atoms with van der Waals surface area (Å²) in [7, 11) is 0. The smallest absolute Gasteiger partial charge is 0.266 e. The van der Waals surface area contributed by atoms with Gasteiger partial charge in [-0.25, -0.2) is 0 Å². The van der Waals surface area contributed by atoms with Gasteiger partial charge in [0.05, 0.1) is 10.9 Å². The third-order valence-electron chi connectivity index (χ3n) is 3.60. The molecule has 7 heteroatoms. The summed E-state index contributed by atoms with van der Waals surface area (Å²) in [6.07, 6.45) is 2.49. The molecule has 1 saturated heterocycles. The molecule has 0 spiro atoms. The molecule has 5 nitrogen and oxygen atoms in total. The van der Waals surface area contributed by atoms with Crippen molar-refractivity contribution in [3.63, 3.8) is 0 Å². The normalized spacial score (nSPS) is 16.0. The fraction of sp³-hybridized carbons (Fsp3) is 0.167. The maximum atomic E-state index is 12.3. The van der Waals surface area contributed by atoms with Crippen molar-refractivity contribution in [2.45, 2.75) is 13.3 Å². The molecule has 128 valence electrons. The van der Waals surface area contributed by atoms with Gasteiger partial charge in [0.1, 0.15) is 15.8 Å². The third-order valence-corrected chi connectivity index (χ3v) is 4.98. The van der Waals surface area contributed by atoms with Crippen molar-refractivity contribution in [3.8, 4) is 11.3 Å². The highest BCUT2D eigenvalue weighted by molar-refractivity contribution is 8.26. The number of carbonyl (C=O) groups excluding carboxylic acids is 2. The van der Waals surface area contributed by atoms with E-state index in [1.54, 1.807) is 35.2 Å². The van der Waals surface area contributed by atoms with Crippen molar-refractivity contribution in [1.29, 1.82) is 0 Å². The Hall–Kier alpha value is -2.38. The average molecular weight is 372 g/mol. The number of thiocarbonyl (C=S) groups is 1. The lowest BCUT2D eigenvalue weighted by Gasteiger charge is -2.11. The molecule has 1 amide bonds. The zero-order valence-electron chi connectivity index (χ0n) is 13.4. The van der Waals surface area contributed by atoms with Gasteiger partial charge in [-0.2, -0.15) is 0 Å². The van der Waals surface area contributed by atoms with Gasteiger partial charge in [-0.15, -0.1) is 0 Å². The van der Waals surface area contributed by atoms with Gasteiger partial charge >= 0.3 is 0 Å². The summed E-state index contributed by atoms with van der Waals surface area (Å²) in [6.45, 7) is 2.59. The van der Waals surface area contributed by atoms with Crippen LogP contribution >= 0.6 is 24.0 Å². The van der Waals surface area contributed by atoms with E-state index >= 15 is 0 Å². The number of furan rings is 1. The van der Waals surface area contributed by atoms with Gasteiger partial charge in [0.15, 0.2) is 0 Å². The summed E-state index contributed by atoms with van der Waals surface area (Å²) in [5, 5.41) is 11.0. The first-order chi connectivity index (χ1) is 12.0. The summed E-state index contributed by atoms with van der Waals surface area (Å²) in [4.78, 5) is 25.4. The second-order valence-corrected chi connectivity index (χ2v) is 7.08. The van der Waals surface area contributed by atoms with Crippen molar-refractivity contribution in [2.24, 2.45) is 0 Å². The first-order valence-electron chi connectivity index (χ1n) is 7.66. The molecular weight excluding hydrogens is 358 g/mol. The first kappa shape index (κ1) is 17.4. The quantitative estimate of drug-likeness (QED) is 0.593. The molecule has 1 aliphatic rings. The Morgan fingerprint density at radius 1 is 1.36 bits per heavy atom. The number of hydrogen-bond donors (Lipinski definition) is 0. The minimum atomic E-state index is -1.24. The monoisotopic (exact) mass is 372 g/mol. The first-order valence-corrected chi connectivity index (χ1v) is 8.89. The van der Waals surface area contributed by atoms with E-state index in [2.05, 4.69) is 0 Å². The molecule has 0 radical (unpaired) electrons. The molecule has 0 bridgehead atoms. The highest BCUT2D eigenvalue weighted by Gasteiger charge is 2.31. The van der Waals surface area contributed by atoms with Crippen molar-refractivity contribution in [2.75, 3.05) is 6.54 Å². The van der Waals surface area contributed by atoms with Crippen LogP contribution in [0.25, 0.3) is 17.4 Å². The molecule has 0 N–H and O–H groups in total. The van der Waals surface area contributed by atoms with Crippen LogP contribution in [0.2, 0.25) is 0 Å². The maximum absolute atomic E-state index is 12.3. The molecule has 2 heterocycles. The van der Waals surface area contributed by atoms with E-state index in [0.29, 0.717) is 32.9 Å². The van der Waals surface area contributed by atoms with Crippen LogP contribution in [0.4, 0.5) is 0 Å². The fourth-order valence-corrected chi connectivity index (χ4v) is 3.72. The largest absolute Gasteiger partial charge is 0.545 e. The second kappa shape index (κ2) is 7.25. The van der Waals surface area contributed by atoms with Crippen LogP contribution in [0, 0.1) is 0 Å². The topological polar surface area (TPSA) is 73.6 Å². The van der Waals surface area contributed by atoms with Crippen LogP contribution in [0.1, 0.15) is 29.5 Å². The Bertz CT molecular complexity index is 885. The van der Waals surface area contributed by atoms with Crippen LogP contribution in [0.5, 0.6) is 0 Å². The lowest BCUT2D eigenvalue weighted by Crippen LogP contribution is -2.28. The summed E-state index contributed by atoms with van der Waals surface area (Å²) in [6, 6.07) is 9.77. The van der Waals surface area contributed by atoms with E-state index in [1.807, 2.05) is 6.92 Å². The number of aromatic carboxylic acids is 1. The Morgan fingerprint density at radius 3 is 2.88 bits per heavy atom. The molecule has 1 fully saturated rings. The summed E-state index contributed by atoms with van der Waals surface area (Å²) in [5.74, 6) is -0.341. The Labute approximate surface area is 154 Å². The summed E-state index contributed by atoms with van der Waals surface area (Å²) < 4.78 is 6.28. The van der Waals surface area contributed by atoms with E-state index in [4.69, 9.17) is 16.6 Å². The van der Waals surface area contributed by atoms with Crippen molar-refractivity contribution >= 4 is 46.3 Å². The Balaban J connectivity index is 1.85. The number of carbonyl (C=O) groups is 2. The van der Waals surface area contributed by atoms with Gasteiger partial charge in [-0.3, -0.25) is 9.69 Å². The van der Waals surface area contributed by atoms with E-state index in [-0.39, 0.29) is 11.5 Å². The number of nitrogens with zero attached hydrogens (tertiary/aromatic N) is 1. The molecule has 1 aromatic heterocycles. The number of carboxylic acid groups (broad SMARTS) is 1. The van der Waals surface area contributed by atoms with Gasteiger partial charge in [-0.1, -0.05) is 49.1 Å². The van der Waals surface area contributed by atoms with Gasteiger partial charge in [-0.05, 0) is 30.2 Å². The molecule has 0 unspecified atom stereocenters. The number of carboxylic acids is 1. The second-order valence-electron chi connectivity index (χ2n) is 5.40. The SMILES string of the molecule is CCCN1C(=O)/C(=C\c2ccc(-c3cccc(C(=O)[O-])c3)o2)SC1=S. The van der Waals surface area contributed by atoms with Crippen LogP contribution in [-0.2, 0) is 4.79 Å². The van der Waals surface area contributed by atoms with Gasteiger partial charge < -0.3 is 14.3 Å². The van der Waals surface area contributed by atoms with Crippen LogP contribution in [0.15, 0.2) is 45.7 Å². The van der Waals surface area contributed by atoms with Crippen LogP contribution in [0.3, 0.4) is 0 Å². The number of thioether (sulfide) groups is 1. The lowest BCUT2D eigenvalue weighted by molar-refractivity contribution is -0.255. The standard InChI is InChI=1S/C18H15NO4S2/c1-2-8-19-16(20)15(25-18(19)24)10-13-6-7-14(23-13)11-4-3-5-12(9-11)17(21)22/h3-7,9-10H,2,8H2,1H3,(H,21,22)/p-1/b15-10+. The van der Waals surface area contributed by atoms with Crippen LogP contribution < -0.4 is 5.11 Å². The van der Waals surface area contributed by atoms with Crippen molar-refractivity contribution in [1.82, 2.24) is 4.90 Å². The number of benzene rings is 1. The third kappa shape index (κ3) is 3.67. The number of rotatable bonds is 5.